The molecule has 0 aliphatic rings. The average molecular weight is 395 g/mol. The van der Waals surface area contributed by atoms with Crippen molar-refractivity contribution in [3.05, 3.63) is 62.0 Å². The zero-order valence-corrected chi connectivity index (χ0v) is 16.2. The number of hydrogen-bond donors (Lipinski definition) is 2. The van der Waals surface area contributed by atoms with Gasteiger partial charge in [0.05, 0.1) is 17.0 Å². The fourth-order valence-electron chi connectivity index (χ4n) is 3.15. The van der Waals surface area contributed by atoms with Crippen molar-refractivity contribution in [3.63, 3.8) is 0 Å². The van der Waals surface area contributed by atoms with Gasteiger partial charge in [0.1, 0.15) is 10.7 Å². The third-order valence-electron chi connectivity index (χ3n) is 4.70. The maximum atomic E-state index is 13.3. The van der Waals surface area contributed by atoms with Crippen LogP contribution in [0, 0.1) is 13.8 Å². The van der Waals surface area contributed by atoms with Crippen LogP contribution >= 0.6 is 11.3 Å². The number of benzene rings is 1. The standard InChI is InChI=1S/C19H20F3N3OS/c1-9-12(4)27-18-15(9)17(26)24-16(25-18)11(3)23-10(2)13-7-5-6-8-14(13)19(20,21)22/h5-8,10-11,23H,1-4H3,(H,24,25,26). The van der Waals surface area contributed by atoms with E-state index < -0.39 is 23.8 Å². The zero-order chi connectivity index (χ0) is 19.9. The first-order chi connectivity index (χ1) is 12.6. The lowest BCUT2D eigenvalue weighted by Crippen LogP contribution is -2.27. The molecule has 27 heavy (non-hydrogen) atoms. The molecule has 0 fully saturated rings. The fraction of sp³-hybridized carbons (Fsp3) is 0.368. The van der Waals surface area contributed by atoms with Crippen LogP contribution in [0.1, 0.15) is 53.3 Å². The summed E-state index contributed by atoms with van der Waals surface area (Å²) >= 11 is 1.44. The summed E-state index contributed by atoms with van der Waals surface area (Å²) < 4.78 is 39.8. The van der Waals surface area contributed by atoms with Crippen molar-refractivity contribution < 1.29 is 13.2 Å². The van der Waals surface area contributed by atoms with E-state index in [9.17, 15) is 18.0 Å². The average Bonchev–Trinajstić information content (AvgIpc) is 2.88. The molecule has 0 radical (unpaired) electrons. The first-order valence-corrected chi connectivity index (χ1v) is 9.33. The number of aryl methyl sites for hydroxylation is 2. The first-order valence-electron chi connectivity index (χ1n) is 8.51. The summed E-state index contributed by atoms with van der Waals surface area (Å²) in [5.41, 5.74) is 0.166. The lowest BCUT2D eigenvalue weighted by molar-refractivity contribution is -0.138. The van der Waals surface area contributed by atoms with Crippen molar-refractivity contribution in [2.24, 2.45) is 0 Å². The second-order valence-electron chi connectivity index (χ2n) is 6.61. The van der Waals surface area contributed by atoms with Gasteiger partial charge in [-0.25, -0.2) is 4.98 Å². The summed E-state index contributed by atoms with van der Waals surface area (Å²) in [6.45, 7) is 7.24. The second-order valence-corrected chi connectivity index (χ2v) is 7.81. The highest BCUT2D eigenvalue weighted by atomic mass is 32.1. The molecule has 0 bridgehead atoms. The van der Waals surface area contributed by atoms with E-state index in [2.05, 4.69) is 15.3 Å². The molecule has 0 aliphatic carbocycles. The minimum atomic E-state index is -4.42. The number of nitrogens with zero attached hydrogens (tertiary/aromatic N) is 1. The van der Waals surface area contributed by atoms with E-state index in [1.165, 1.54) is 23.5 Å². The van der Waals surface area contributed by atoms with Gasteiger partial charge >= 0.3 is 6.18 Å². The maximum Gasteiger partial charge on any atom is 0.416 e. The van der Waals surface area contributed by atoms with Crippen molar-refractivity contribution in [2.45, 2.75) is 46.0 Å². The summed E-state index contributed by atoms with van der Waals surface area (Å²) in [5, 5.41) is 3.68. The Balaban J connectivity index is 1.91. The largest absolute Gasteiger partial charge is 0.416 e. The number of fused-ring (bicyclic) bond motifs is 1. The molecular weight excluding hydrogens is 375 g/mol. The quantitative estimate of drug-likeness (QED) is 0.651. The molecule has 0 aliphatic heterocycles. The molecule has 8 heteroatoms. The van der Waals surface area contributed by atoms with Gasteiger partial charge in [0, 0.05) is 10.9 Å². The molecule has 0 saturated heterocycles. The zero-order valence-electron chi connectivity index (χ0n) is 15.4. The van der Waals surface area contributed by atoms with Gasteiger partial charge in [-0.05, 0) is 44.9 Å². The maximum absolute atomic E-state index is 13.3. The number of nitrogens with one attached hydrogen (secondary N) is 2. The van der Waals surface area contributed by atoms with Crippen LogP contribution in [-0.2, 0) is 6.18 Å². The number of thiophene rings is 1. The SMILES string of the molecule is Cc1sc2nc(C(C)NC(C)c3ccccc3C(F)(F)F)[nH]c(=O)c2c1C. The number of H-pyrrole nitrogens is 1. The summed E-state index contributed by atoms with van der Waals surface area (Å²) in [7, 11) is 0. The summed E-state index contributed by atoms with van der Waals surface area (Å²) in [5.74, 6) is 0.407. The topological polar surface area (TPSA) is 57.8 Å². The minimum Gasteiger partial charge on any atom is -0.309 e. The summed E-state index contributed by atoms with van der Waals surface area (Å²) in [6.07, 6.45) is -4.42. The van der Waals surface area contributed by atoms with E-state index >= 15 is 0 Å². The van der Waals surface area contributed by atoms with Crippen molar-refractivity contribution in [1.82, 2.24) is 15.3 Å². The van der Waals surface area contributed by atoms with Crippen LogP contribution in [0.5, 0.6) is 0 Å². The molecule has 2 unspecified atom stereocenters. The van der Waals surface area contributed by atoms with Gasteiger partial charge in [-0.15, -0.1) is 11.3 Å². The van der Waals surface area contributed by atoms with Crippen LogP contribution in [0.25, 0.3) is 10.2 Å². The Hall–Kier alpha value is -2.19. The highest BCUT2D eigenvalue weighted by molar-refractivity contribution is 7.18. The summed E-state index contributed by atoms with van der Waals surface area (Å²) in [4.78, 5) is 21.4. The third kappa shape index (κ3) is 3.77. The molecule has 3 rings (SSSR count). The highest BCUT2D eigenvalue weighted by Gasteiger charge is 2.34. The molecular formula is C19H20F3N3OS. The Bertz CT molecular complexity index is 1040. The van der Waals surface area contributed by atoms with E-state index in [-0.39, 0.29) is 11.1 Å². The van der Waals surface area contributed by atoms with Crippen molar-refractivity contribution in [2.75, 3.05) is 0 Å². The lowest BCUT2D eigenvalue weighted by Gasteiger charge is -2.23. The Labute approximate surface area is 158 Å². The van der Waals surface area contributed by atoms with E-state index in [0.29, 0.717) is 16.0 Å². The van der Waals surface area contributed by atoms with Gasteiger partial charge in [0.25, 0.3) is 5.56 Å². The fourth-order valence-corrected chi connectivity index (χ4v) is 4.19. The number of aromatic nitrogens is 2. The Morgan fingerprint density at radius 3 is 2.48 bits per heavy atom. The highest BCUT2D eigenvalue weighted by Crippen LogP contribution is 2.35. The van der Waals surface area contributed by atoms with Gasteiger partial charge in [-0.3, -0.25) is 4.79 Å². The Morgan fingerprint density at radius 2 is 1.81 bits per heavy atom. The monoisotopic (exact) mass is 395 g/mol. The predicted octanol–water partition coefficient (Wildman–Crippen LogP) is 5.03. The molecule has 0 amide bonds. The van der Waals surface area contributed by atoms with Crippen LogP contribution in [0.3, 0.4) is 0 Å². The number of aromatic amines is 1. The third-order valence-corrected chi connectivity index (χ3v) is 5.80. The van der Waals surface area contributed by atoms with Crippen LogP contribution < -0.4 is 10.9 Å². The summed E-state index contributed by atoms with van der Waals surface area (Å²) in [6, 6.07) is 4.47. The number of hydrogen-bond acceptors (Lipinski definition) is 4. The van der Waals surface area contributed by atoms with Gasteiger partial charge in [0.15, 0.2) is 0 Å². The normalized spacial score (nSPS) is 14.5. The van der Waals surface area contributed by atoms with Gasteiger partial charge in [-0.1, -0.05) is 18.2 Å². The van der Waals surface area contributed by atoms with Crippen molar-refractivity contribution in [1.29, 1.82) is 0 Å². The van der Waals surface area contributed by atoms with Crippen molar-refractivity contribution in [3.8, 4) is 0 Å². The molecule has 144 valence electrons. The van der Waals surface area contributed by atoms with Crippen LogP contribution in [0.2, 0.25) is 0 Å². The molecule has 2 atom stereocenters. The molecule has 2 N–H and O–H groups in total. The minimum absolute atomic E-state index is 0.156. The van der Waals surface area contributed by atoms with Gasteiger partial charge in [-0.2, -0.15) is 13.2 Å². The number of alkyl halides is 3. The molecule has 3 aromatic rings. The van der Waals surface area contributed by atoms with Crippen LogP contribution in [0.15, 0.2) is 29.1 Å². The van der Waals surface area contributed by atoms with Crippen LogP contribution in [-0.4, -0.2) is 9.97 Å². The van der Waals surface area contributed by atoms with E-state index in [1.54, 1.807) is 19.9 Å². The molecule has 0 saturated carbocycles. The first kappa shape index (κ1) is 19.6. The Kier molecular flexibility index (Phi) is 5.14. The second kappa shape index (κ2) is 7.09. The van der Waals surface area contributed by atoms with E-state index in [0.717, 1.165) is 16.5 Å². The lowest BCUT2D eigenvalue weighted by atomic mass is 10.0. The van der Waals surface area contributed by atoms with E-state index in [4.69, 9.17) is 0 Å². The van der Waals surface area contributed by atoms with Crippen molar-refractivity contribution >= 4 is 21.6 Å². The molecule has 4 nitrogen and oxygen atoms in total. The Morgan fingerprint density at radius 1 is 1.15 bits per heavy atom. The molecule has 1 aromatic carbocycles. The smallest absolute Gasteiger partial charge is 0.309 e. The molecule has 0 spiro atoms. The predicted molar refractivity (Wildman–Crippen MR) is 101 cm³/mol. The molecule has 2 aromatic heterocycles. The number of halogens is 3. The van der Waals surface area contributed by atoms with Gasteiger partial charge < -0.3 is 10.3 Å². The van der Waals surface area contributed by atoms with Crippen LogP contribution in [0.4, 0.5) is 13.2 Å². The van der Waals surface area contributed by atoms with E-state index in [1.807, 2.05) is 13.8 Å². The molecule has 2 heterocycles. The van der Waals surface area contributed by atoms with Gasteiger partial charge in [0.2, 0.25) is 0 Å². The number of rotatable bonds is 4.